The molecule has 0 aliphatic carbocycles. The van der Waals surface area contributed by atoms with Crippen molar-refractivity contribution < 1.29 is 4.74 Å². The van der Waals surface area contributed by atoms with E-state index in [0.717, 1.165) is 16.6 Å². The van der Waals surface area contributed by atoms with E-state index in [2.05, 4.69) is 48.8 Å². The summed E-state index contributed by atoms with van der Waals surface area (Å²) in [5.41, 5.74) is 8.16. The van der Waals surface area contributed by atoms with Gasteiger partial charge in [0, 0.05) is 10.9 Å². The minimum absolute atomic E-state index is 0.0911. The van der Waals surface area contributed by atoms with E-state index in [0.29, 0.717) is 12.5 Å². The normalized spacial score (nSPS) is 19.1. The monoisotopic (exact) mass is 283 g/mol. The predicted octanol–water partition coefficient (Wildman–Crippen LogP) is 3.22. The Morgan fingerprint density at radius 1 is 1.50 bits per heavy atom. The van der Waals surface area contributed by atoms with E-state index in [9.17, 15) is 0 Å². The van der Waals surface area contributed by atoms with Crippen molar-refractivity contribution >= 4 is 15.9 Å². The molecule has 2 rings (SSSR count). The highest BCUT2D eigenvalue weighted by Crippen LogP contribution is 2.42. The van der Waals surface area contributed by atoms with Crippen LogP contribution in [0.4, 0.5) is 0 Å². The second kappa shape index (κ2) is 4.04. The van der Waals surface area contributed by atoms with E-state index in [-0.39, 0.29) is 5.60 Å². The Balaban J connectivity index is 2.49. The van der Waals surface area contributed by atoms with Crippen molar-refractivity contribution in [2.24, 2.45) is 5.73 Å². The van der Waals surface area contributed by atoms with Gasteiger partial charge in [0.1, 0.15) is 11.4 Å². The Bertz CT molecular complexity index is 415. The zero-order chi connectivity index (χ0) is 11.9. The summed E-state index contributed by atoms with van der Waals surface area (Å²) in [6, 6.07) is 4.27. The lowest BCUT2D eigenvalue weighted by Crippen LogP contribution is -2.25. The fourth-order valence-electron chi connectivity index (χ4n) is 2.19. The van der Waals surface area contributed by atoms with Crippen molar-refractivity contribution in [1.29, 1.82) is 0 Å². The van der Waals surface area contributed by atoms with Gasteiger partial charge < -0.3 is 10.5 Å². The van der Waals surface area contributed by atoms with Gasteiger partial charge in [0.25, 0.3) is 0 Å². The maximum Gasteiger partial charge on any atom is 0.127 e. The largest absolute Gasteiger partial charge is 0.487 e. The first-order chi connectivity index (χ1) is 7.43. The molecule has 1 atom stereocenters. The van der Waals surface area contributed by atoms with E-state index in [1.54, 1.807) is 0 Å². The van der Waals surface area contributed by atoms with E-state index >= 15 is 0 Å². The van der Waals surface area contributed by atoms with Crippen molar-refractivity contribution in [1.82, 2.24) is 0 Å². The summed E-state index contributed by atoms with van der Waals surface area (Å²) in [6.07, 6.45) is 0.964. The molecule has 0 amide bonds. The molecule has 1 aliphatic heterocycles. The molecule has 0 bridgehead atoms. The second-order valence-corrected chi connectivity index (χ2v) is 6.07. The highest BCUT2D eigenvalue weighted by molar-refractivity contribution is 9.10. The first-order valence-electron chi connectivity index (χ1n) is 5.64. The summed E-state index contributed by atoms with van der Waals surface area (Å²) < 4.78 is 7.14. The van der Waals surface area contributed by atoms with Crippen LogP contribution >= 0.6 is 15.9 Å². The third-order valence-electron chi connectivity index (χ3n) is 3.04. The molecule has 1 heterocycles. The molecule has 2 N–H and O–H groups in total. The molecule has 1 aromatic carbocycles. The summed E-state index contributed by atoms with van der Waals surface area (Å²) in [6.45, 7) is 7.03. The van der Waals surface area contributed by atoms with Gasteiger partial charge in [-0.15, -0.1) is 0 Å². The maximum atomic E-state index is 6.03. The van der Waals surface area contributed by atoms with Crippen LogP contribution in [0.2, 0.25) is 0 Å². The minimum Gasteiger partial charge on any atom is -0.487 e. The van der Waals surface area contributed by atoms with Crippen LogP contribution in [0, 0.1) is 0 Å². The van der Waals surface area contributed by atoms with Crippen LogP contribution in [-0.4, -0.2) is 12.1 Å². The molecule has 0 aromatic heterocycles. The SMILES string of the molecule is CC(CN)c1cc(Br)cc2c1OC(C)(C)C2. The van der Waals surface area contributed by atoms with E-state index in [4.69, 9.17) is 10.5 Å². The molecule has 1 aromatic rings. The van der Waals surface area contributed by atoms with Crippen molar-refractivity contribution in [3.05, 3.63) is 27.7 Å². The number of benzene rings is 1. The fourth-order valence-corrected chi connectivity index (χ4v) is 2.72. The molecule has 1 unspecified atom stereocenters. The van der Waals surface area contributed by atoms with Gasteiger partial charge >= 0.3 is 0 Å². The molecule has 3 heteroatoms. The van der Waals surface area contributed by atoms with Gasteiger partial charge in [-0.3, -0.25) is 0 Å². The first-order valence-corrected chi connectivity index (χ1v) is 6.43. The number of hydrogen-bond acceptors (Lipinski definition) is 2. The van der Waals surface area contributed by atoms with Gasteiger partial charge in [-0.1, -0.05) is 22.9 Å². The van der Waals surface area contributed by atoms with E-state index < -0.39 is 0 Å². The predicted molar refractivity (Wildman–Crippen MR) is 70.0 cm³/mol. The van der Waals surface area contributed by atoms with Crippen molar-refractivity contribution in [2.45, 2.75) is 38.7 Å². The van der Waals surface area contributed by atoms with Gasteiger partial charge in [-0.2, -0.15) is 0 Å². The summed E-state index contributed by atoms with van der Waals surface area (Å²) in [7, 11) is 0. The molecule has 1 aliphatic rings. The van der Waals surface area contributed by atoms with Crippen LogP contribution in [0.1, 0.15) is 37.8 Å². The van der Waals surface area contributed by atoms with Crippen LogP contribution in [0.25, 0.3) is 0 Å². The molecule has 0 saturated heterocycles. The van der Waals surface area contributed by atoms with Gasteiger partial charge in [0.2, 0.25) is 0 Å². The maximum absolute atomic E-state index is 6.03. The molecule has 0 spiro atoms. The summed E-state index contributed by atoms with van der Waals surface area (Å²) >= 11 is 3.55. The molecule has 0 saturated carbocycles. The van der Waals surface area contributed by atoms with Crippen LogP contribution in [-0.2, 0) is 6.42 Å². The van der Waals surface area contributed by atoms with Crippen molar-refractivity contribution in [2.75, 3.05) is 6.54 Å². The van der Waals surface area contributed by atoms with Gasteiger partial charge in [-0.25, -0.2) is 0 Å². The van der Waals surface area contributed by atoms with Gasteiger partial charge in [0.15, 0.2) is 0 Å². The van der Waals surface area contributed by atoms with Gasteiger partial charge in [0.05, 0.1) is 0 Å². The molecule has 0 radical (unpaired) electrons. The van der Waals surface area contributed by atoms with Crippen LogP contribution in [0.5, 0.6) is 5.75 Å². The molecule has 2 nitrogen and oxygen atoms in total. The molecule has 0 fully saturated rings. The number of fused-ring (bicyclic) bond motifs is 1. The average molecular weight is 284 g/mol. The smallest absolute Gasteiger partial charge is 0.127 e. The number of rotatable bonds is 2. The zero-order valence-corrected chi connectivity index (χ0v) is 11.6. The summed E-state index contributed by atoms with van der Waals surface area (Å²) in [5, 5.41) is 0. The van der Waals surface area contributed by atoms with Crippen molar-refractivity contribution in [3.63, 3.8) is 0 Å². The van der Waals surface area contributed by atoms with E-state index in [1.165, 1.54) is 11.1 Å². The lowest BCUT2D eigenvalue weighted by Gasteiger charge is -2.20. The van der Waals surface area contributed by atoms with Crippen LogP contribution in [0.15, 0.2) is 16.6 Å². The van der Waals surface area contributed by atoms with Crippen molar-refractivity contribution in [3.8, 4) is 5.75 Å². The van der Waals surface area contributed by atoms with E-state index in [1.807, 2.05) is 0 Å². The van der Waals surface area contributed by atoms with Gasteiger partial charge in [-0.05, 0) is 49.6 Å². The quantitative estimate of drug-likeness (QED) is 0.905. The summed E-state index contributed by atoms with van der Waals surface area (Å²) in [5.74, 6) is 1.38. The lowest BCUT2D eigenvalue weighted by atomic mass is 9.96. The molecular formula is C13H18BrNO. The standard InChI is InChI=1S/C13H18BrNO/c1-8(7-15)11-5-10(14)4-9-6-13(2,3)16-12(9)11/h4-5,8H,6-7,15H2,1-3H3. The lowest BCUT2D eigenvalue weighted by molar-refractivity contribution is 0.137. The Morgan fingerprint density at radius 2 is 2.19 bits per heavy atom. The van der Waals surface area contributed by atoms with Crippen LogP contribution in [0.3, 0.4) is 0 Å². The number of halogens is 1. The third kappa shape index (κ3) is 2.11. The van der Waals surface area contributed by atoms with Crippen LogP contribution < -0.4 is 10.5 Å². The minimum atomic E-state index is -0.0911. The molecule has 16 heavy (non-hydrogen) atoms. The highest BCUT2D eigenvalue weighted by atomic mass is 79.9. The average Bonchev–Trinajstić information content (AvgIpc) is 2.49. The zero-order valence-electron chi connectivity index (χ0n) is 10.0. The number of hydrogen-bond donors (Lipinski definition) is 1. The number of nitrogens with two attached hydrogens (primary N) is 1. The second-order valence-electron chi connectivity index (χ2n) is 5.16. The fraction of sp³-hybridized carbons (Fsp3) is 0.538. The molecule has 88 valence electrons. The Morgan fingerprint density at radius 3 is 2.81 bits per heavy atom. The topological polar surface area (TPSA) is 35.2 Å². The Labute approximate surface area is 105 Å². The number of ether oxygens (including phenoxy) is 1. The third-order valence-corrected chi connectivity index (χ3v) is 3.50. The Hall–Kier alpha value is -0.540. The first kappa shape index (κ1) is 11.9. The molecular weight excluding hydrogens is 266 g/mol. The Kier molecular flexibility index (Phi) is 3.01. The highest BCUT2D eigenvalue weighted by Gasteiger charge is 2.32. The summed E-state index contributed by atoms with van der Waals surface area (Å²) in [4.78, 5) is 0.